The number of halogens is 1. The lowest BCUT2D eigenvalue weighted by molar-refractivity contribution is -0.117. The first-order valence-corrected chi connectivity index (χ1v) is 12.0. The van der Waals surface area contributed by atoms with Crippen LogP contribution in [-0.4, -0.2) is 35.2 Å². The maximum absolute atomic E-state index is 13.3. The third-order valence-corrected chi connectivity index (χ3v) is 7.51. The number of aromatic amines is 1. The van der Waals surface area contributed by atoms with E-state index >= 15 is 0 Å². The molecule has 0 bridgehead atoms. The summed E-state index contributed by atoms with van der Waals surface area (Å²) in [5.74, 6) is 0.466. The molecule has 1 aromatic heterocycles. The zero-order valence-corrected chi connectivity index (χ0v) is 18.7. The highest BCUT2D eigenvalue weighted by Crippen LogP contribution is 2.40. The minimum atomic E-state index is -0.00900. The monoisotopic (exact) mass is 452 g/mol. The van der Waals surface area contributed by atoms with E-state index in [0.29, 0.717) is 10.8 Å². The smallest absolute Gasteiger partial charge is 0.258 e. The number of aryl methyl sites for hydroxylation is 1. The lowest BCUT2D eigenvalue weighted by atomic mass is 9.86. The van der Waals surface area contributed by atoms with Crippen molar-refractivity contribution in [1.82, 2.24) is 20.8 Å². The van der Waals surface area contributed by atoms with Crippen LogP contribution < -0.4 is 10.6 Å². The molecule has 0 spiro atoms. The molecule has 160 valence electrons. The highest BCUT2D eigenvalue weighted by molar-refractivity contribution is 8.04. The van der Waals surface area contributed by atoms with Crippen LogP contribution >= 0.6 is 23.4 Å². The number of thioether (sulfide) groups is 1. The number of aromatic nitrogens is 2. The van der Waals surface area contributed by atoms with Gasteiger partial charge < -0.3 is 10.6 Å². The van der Waals surface area contributed by atoms with Gasteiger partial charge >= 0.3 is 0 Å². The molecule has 1 unspecified atom stereocenters. The Kier molecular flexibility index (Phi) is 6.03. The number of amides is 1. The van der Waals surface area contributed by atoms with Gasteiger partial charge in [0.2, 0.25) is 0 Å². The molecule has 2 aliphatic heterocycles. The predicted molar refractivity (Wildman–Crippen MR) is 127 cm³/mol. The first-order chi connectivity index (χ1) is 15.2. The zero-order chi connectivity index (χ0) is 21.2. The molecule has 0 radical (unpaired) electrons. The third kappa shape index (κ3) is 4.52. The van der Waals surface area contributed by atoms with Gasteiger partial charge in [0.1, 0.15) is 0 Å². The fourth-order valence-electron chi connectivity index (χ4n) is 4.56. The fourth-order valence-corrected chi connectivity index (χ4v) is 5.80. The second kappa shape index (κ2) is 9.07. The molecule has 3 heterocycles. The van der Waals surface area contributed by atoms with Crippen LogP contribution in [0.15, 0.2) is 52.3 Å². The molecule has 1 atom stereocenters. The largest absolute Gasteiger partial charge is 0.349 e. The topological polar surface area (TPSA) is 69.8 Å². The molecule has 1 amide bonds. The second-order valence-corrected chi connectivity index (χ2v) is 9.75. The summed E-state index contributed by atoms with van der Waals surface area (Å²) in [6, 6.07) is 14.2. The van der Waals surface area contributed by atoms with Crippen LogP contribution in [0.25, 0.3) is 17.0 Å². The summed E-state index contributed by atoms with van der Waals surface area (Å²) in [7, 11) is 0. The van der Waals surface area contributed by atoms with E-state index in [9.17, 15) is 4.79 Å². The van der Waals surface area contributed by atoms with Crippen LogP contribution in [0.2, 0.25) is 5.02 Å². The Hall–Kier alpha value is -2.28. The average molecular weight is 453 g/mol. The van der Waals surface area contributed by atoms with Crippen molar-refractivity contribution < 1.29 is 4.79 Å². The minimum Gasteiger partial charge on any atom is -0.349 e. The van der Waals surface area contributed by atoms with E-state index in [0.717, 1.165) is 65.3 Å². The summed E-state index contributed by atoms with van der Waals surface area (Å²) < 4.78 is 0. The molecule has 0 saturated carbocycles. The number of nitrogens with zero attached hydrogens (tertiary/aromatic N) is 1. The molecular formula is C24H25ClN4OS. The molecule has 7 heteroatoms. The molecule has 2 aromatic carbocycles. The number of carbonyl (C=O) groups excluding carboxylic acids is 1. The van der Waals surface area contributed by atoms with Crippen molar-refractivity contribution in [2.45, 2.75) is 36.6 Å². The van der Waals surface area contributed by atoms with Gasteiger partial charge in [0.25, 0.3) is 5.91 Å². The van der Waals surface area contributed by atoms with Gasteiger partial charge in [0.15, 0.2) is 0 Å². The van der Waals surface area contributed by atoms with Crippen LogP contribution in [0.5, 0.6) is 0 Å². The van der Waals surface area contributed by atoms with Gasteiger partial charge in [0.05, 0.1) is 16.1 Å². The standard InChI is InChI=1S/C24H25ClN4OS/c25-17-4-1-3-15(13-17)7-8-18(16-9-11-26-12-10-16)27-24(30)22-14-20-23-19(28-29-20)5-2-6-21(23)31-22/h1-6,13-14,16,18,26H,7-12H2,(H,27,30)(H,28,29). The SMILES string of the molecule is O=C(NC(CCc1cccc(Cl)c1)C1CCNCC1)C1=Cc2n[nH]c3cccc(c23)S1. The lowest BCUT2D eigenvalue weighted by Crippen LogP contribution is -2.45. The van der Waals surface area contributed by atoms with Crippen LogP contribution in [0.1, 0.15) is 30.5 Å². The molecule has 1 fully saturated rings. The van der Waals surface area contributed by atoms with E-state index in [-0.39, 0.29) is 11.9 Å². The van der Waals surface area contributed by atoms with Gasteiger partial charge in [-0.1, -0.05) is 41.6 Å². The molecule has 5 rings (SSSR count). The highest BCUT2D eigenvalue weighted by Gasteiger charge is 2.28. The number of carbonyl (C=O) groups is 1. The van der Waals surface area contributed by atoms with E-state index in [4.69, 9.17) is 11.6 Å². The predicted octanol–water partition coefficient (Wildman–Crippen LogP) is 4.78. The Bertz CT molecular complexity index is 1140. The van der Waals surface area contributed by atoms with E-state index in [1.165, 1.54) is 17.3 Å². The van der Waals surface area contributed by atoms with Crippen molar-refractivity contribution in [3.63, 3.8) is 0 Å². The van der Waals surface area contributed by atoms with Crippen LogP contribution in [0, 0.1) is 5.92 Å². The third-order valence-electron chi connectivity index (χ3n) is 6.19. The average Bonchev–Trinajstić information content (AvgIpc) is 3.22. The van der Waals surface area contributed by atoms with Crippen molar-refractivity contribution >= 4 is 46.2 Å². The molecule has 5 nitrogen and oxygen atoms in total. The number of hydrogen-bond donors (Lipinski definition) is 3. The summed E-state index contributed by atoms with van der Waals surface area (Å²) >= 11 is 7.69. The van der Waals surface area contributed by atoms with Crippen molar-refractivity contribution in [2.24, 2.45) is 5.92 Å². The molecular weight excluding hydrogens is 428 g/mol. The summed E-state index contributed by atoms with van der Waals surface area (Å²) in [4.78, 5) is 15.1. The molecule has 3 N–H and O–H groups in total. The van der Waals surface area contributed by atoms with E-state index in [2.05, 4.69) is 33.0 Å². The van der Waals surface area contributed by atoms with Crippen molar-refractivity contribution in [1.29, 1.82) is 0 Å². The Morgan fingerprint density at radius 1 is 1.23 bits per heavy atom. The molecule has 0 aliphatic carbocycles. The highest BCUT2D eigenvalue weighted by atomic mass is 35.5. The molecule has 3 aromatic rings. The van der Waals surface area contributed by atoms with Gasteiger partial charge in [-0.05, 0) is 80.6 Å². The number of piperidine rings is 1. The maximum Gasteiger partial charge on any atom is 0.258 e. The van der Waals surface area contributed by atoms with Gasteiger partial charge in [-0.25, -0.2) is 0 Å². The van der Waals surface area contributed by atoms with E-state index < -0.39 is 0 Å². The van der Waals surface area contributed by atoms with Crippen molar-refractivity contribution in [2.75, 3.05) is 13.1 Å². The zero-order valence-electron chi connectivity index (χ0n) is 17.2. The molecule has 1 saturated heterocycles. The summed E-state index contributed by atoms with van der Waals surface area (Å²) in [5.41, 5.74) is 3.05. The van der Waals surface area contributed by atoms with Gasteiger partial charge in [0, 0.05) is 21.3 Å². The molecule has 31 heavy (non-hydrogen) atoms. The first-order valence-electron chi connectivity index (χ1n) is 10.8. The van der Waals surface area contributed by atoms with Crippen LogP contribution in [0.4, 0.5) is 0 Å². The quantitative estimate of drug-likeness (QED) is 0.503. The fraction of sp³-hybridized carbons (Fsp3) is 0.333. The van der Waals surface area contributed by atoms with Gasteiger partial charge in [-0.3, -0.25) is 9.89 Å². The number of hydrogen-bond acceptors (Lipinski definition) is 4. The normalized spacial score (nSPS) is 17.4. The Balaban J connectivity index is 1.33. The van der Waals surface area contributed by atoms with E-state index in [1.807, 2.05) is 36.4 Å². The molecule has 2 aliphatic rings. The lowest BCUT2D eigenvalue weighted by Gasteiger charge is -2.32. The van der Waals surface area contributed by atoms with E-state index in [1.54, 1.807) is 0 Å². The minimum absolute atomic E-state index is 0.00900. The van der Waals surface area contributed by atoms with Gasteiger partial charge in [-0.15, -0.1) is 0 Å². The first kappa shape index (κ1) is 20.6. The van der Waals surface area contributed by atoms with Gasteiger partial charge in [-0.2, -0.15) is 5.10 Å². The van der Waals surface area contributed by atoms with Crippen molar-refractivity contribution in [3.05, 3.63) is 63.6 Å². The number of H-pyrrole nitrogens is 1. The Labute approximate surface area is 191 Å². The number of nitrogens with one attached hydrogen (secondary N) is 3. The summed E-state index contributed by atoms with van der Waals surface area (Å²) in [6.07, 6.45) is 5.86. The summed E-state index contributed by atoms with van der Waals surface area (Å²) in [5, 5.41) is 16.1. The second-order valence-electron chi connectivity index (χ2n) is 8.23. The van der Waals surface area contributed by atoms with Crippen molar-refractivity contribution in [3.8, 4) is 0 Å². The maximum atomic E-state index is 13.3. The Morgan fingerprint density at radius 2 is 2.06 bits per heavy atom. The Morgan fingerprint density at radius 3 is 2.90 bits per heavy atom. The summed E-state index contributed by atoms with van der Waals surface area (Å²) in [6.45, 7) is 2.01. The van der Waals surface area contributed by atoms with Crippen LogP contribution in [-0.2, 0) is 11.2 Å². The number of benzene rings is 2. The number of rotatable bonds is 6. The van der Waals surface area contributed by atoms with Crippen LogP contribution in [0.3, 0.4) is 0 Å².